The van der Waals surface area contributed by atoms with Crippen LogP contribution in [0.2, 0.25) is 0 Å². The Balaban J connectivity index is 1.84. The second-order valence-electron chi connectivity index (χ2n) is 5.74. The van der Waals surface area contributed by atoms with Gasteiger partial charge in [-0.05, 0) is 32.4 Å². The Morgan fingerprint density at radius 3 is 2.94 bits per heavy atom. The average molecular weight is 257 g/mol. The van der Waals surface area contributed by atoms with Gasteiger partial charge in [-0.3, -0.25) is 4.79 Å². The molecule has 0 saturated carbocycles. The summed E-state index contributed by atoms with van der Waals surface area (Å²) < 4.78 is 5.63. The fraction of sp³-hybridized carbons (Fsp3) is 0.917. The molecule has 3 saturated heterocycles. The van der Waals surface area contributed by atoms with Gasteiger partial charge in [0.2, 0.25) is 5.91 Å². The fourth-order valence-electron chi connectivity index (χ4n) is 3.41. The fourth-order valence-corrected chi connectivity index (χ4v) is 4.73. The SMILES string of the molecule is CC1(C)OCC[C@@H]2[C@H](C3(O)CCSC3)C(=O)N21. The van der Waals surface area contributed by atoms with Crippen molar-refractivity contribution in [3.63, 3.8) is 0 Å². The molecule has 0 spiro atoms. The Labute approximate surface area is 106 Å². The molecule has 3 fully saturated rings. The van der Waals surface area contributed by atoms with Gasteiger partial charge in [-0.15, -0.1) is 0 Å². The van der Waals surface area contributed by atoms with Crippen molar-refractivity contribution in [2.45, 2.75) is 44.1 Å². The number of carbonyl (C=O) groups is 1. The summed E-state index contributed by atoms with van der Waals surface area (Å²) in [5, 5.41) is 10.6. The van der Waals surface area contributed by atoms with Crippen LogP contribution in [0.25, 0.3) is 0 Å². The minimum absolute atomic E-state index is 0.0738. The van der Waals surface area contributed by atoms with Crippen LogP contribution in [-0.2, 0) is 9.53 Å². The molecule has 0 aromatic carbocycles. The average Bonchev–Trinajstić information content (AvgIpc) is 2.62. The monoisotopic (exact) mass is 257 g/mol. The topological polar surface area (TPSA) is 49.8 Å². The van der Waals surface area contributed by atoms with Gasteiger partial charge in [0.25, 0.3) is 0 Å². The molecule has 3 atom stereocenters. The predicted octanol–water partition coefficient (Wildman–Crippen LogP) is 0.838. The summed E-state index contributed by atoms with van der Waals surface area (Å²) in [6, 6.07) is 0.176. The lowest BCUT2D eigenvalue weighted by atomic mass is 9.71. The van der Waals surface area contributed by atoms with Gasteiger partial charge in [0, 0.05) is 5.75 Å². The summed E-state index contributed by atoms with van der Waals surface area (Å²) >= 11 is 1.75. The minimum Gasteiger partial charge on any atom is -0.388 e. The van der Waals surface area contributed by atoms with Crippen LogP contribution < -0.4 is 0 Å². The number of ether oxygens (including phenoxy) is 1. The Hall–Kier alpha value is -0.260. The first-order valence-electron chi connectivity index (χ1n) is 6.23. The Morgan fingerprint density at radius 1 is 1.53 bits per heavy atom. The minimum atomic E-state index is -0.768. The number of nitrogens with zero attached hydrogens (tertiary/aromatic N) is 1. The van der Waals surface area contributed by atoms with Crippen molar-refractivity contribution in [3.05, 3.63) is 0 Å². The van der Waals surface area contributed by atoms with Gasteiger partial charge in [0.05, 0.1) is 24.2 Å². The van der Waals surface area contributed by atoms with Crippen LogP contribution in [0.1, 0.15) is 26.7 Å². The maximum Gasteiger partial charge on any atom is 0.233 e. The first-order valence-corrected chi connectivity index (χ1v) is 7.38. The highest BCUT2D eigenvalue weighted by molar-refractivity contribution is 7.99. The third-order valence-corrected chi connectivity index (χ3v) is 5.48. The highest BCUT2D eigenvalue weighted by atomic mass is 32.2. The molecule has 4 nitrogen and oxygen atoms in total. The van der Waals surface area contributed by atoms with Gasteiger partial charge in [-0.25, -0.2) is 0 Å². The van der Waals surface area contributed by atoms with Crippen LogP contribution in [0.5, 0.6) is 0 Å². The lowest BCUT2D eigenvalue weighted by Crippen LogP contribution is -2.76. The van der Waals surface area contributed by atoms with Crippen molar-refractivity contribution in [2.24, 2.45) is 5.92 Å². The number of rotatable bonds is 1. The van der Waals surface area contributed by atoms with Crippen molar-refractivity contribution in [3.8, 4) is 0 Å². The number of carbonyl (C=O) groups excluding carboxylic acids is 1. The maximum absolute atomic E-state index is 12.3. The first kappa shape index (κ1) is 11.8. The van der Waals surface area contributed by atoms with E-state index in [0.29, 0.717) is 12.4 Å². The number of thioether (sulfide) groups is 1. The van der Waals surface area contributed by atoms with E-state index < -0.39 is 11.3 Å². The van der Waals surface area contributed by atoms with Crippen LogP contribution >= 0.6 is 11.8 Å². The number of β-lactam (4-membered cyclic amide) rings is 1. The lowest BCUT2D eigenvalue weighted by Gasteiger charge is -2.60. The number of amides is 1. The second kappa shape index (κ2) is 3.62. The summed E-state index contributed by atoms with van der Waals surface area (Å²) in [6.45, 7) is 4.54. The largest absolute Gasteiger partial charge is 0.388 e. The van der Waals surface area contributed by atoms with Crippen molar-refractivity contribution < 1.29 is 14.6 Å². The van der Waals surface area contributed by atoms with Crippen molar-refractivity contribution in [1.29, 1.82) is 0 Å². The Morgan fingerprint density at radius 2 is 2.29 bits per heavy atom. The van der Waals surface area contributed by atoms with Crippen LogP contribution in [0.15, 0.2) is 0 Å². The van der Waals surface area contributed by atoms with Gasteiger partial charge in [-0.2, -0.15) is 11.8 Å². The van der Waals surface area contributed by atoms with E-state index in [1.54, 1.807) is 11.8 Å². The van der Waals surface area contributed by atoms with Gasteiger partial charge >= 0.3 is 0 Å². The van der Waals surface area contributed by atoms with E-state index >= 15 is 0 Å². The van der Waals surface area contributed by atoms with Crippen molar-refractivity contribution in [1.82, 2.24) is 4.90 Å². The summed E-state index contributed by atoms with van der Waals surface area (Å²) in [7, 11) is 0. The van der Waals surface area contributed by atoms with E-state index in [2.05, 4.69) is 0 Å². The molecule has 1 amide bonds. The summed E-state index contributed by atoms with van der Waals surface area (Å²) in [5.74, 6) is 1.55. The zero-order valence-electron chi connectivity index (χ0n) is 10.3. The van der Waals surface area contributed by atoms with E-state index in [1.807, 2.05) is 18.7 Å². The zero-order chi connectivity index (χ0) is 12.3. The smallest absolute Gasteiger partial charge is 0.233 e. The molecule has 17 heavy (non-hydrogen) atoms. The zero-order valence-corrected chi connectivity index (χ0v) is 11.1. The first-order chi connectivity index (χ1) is 7.96. The second-order valence-corrected chi connectivity index (χ2v) is 6.85. The highest BCUT2D eigenvalue weighted by Crippen LogP contribution is 2.48. The van der Waals surface area contributed by atoms with Crippen LogP contribution in [0.4, 0.5) is 0 Å². The normalized spacial score (nSPS) is 44.4. The Kier molecular flexibility index (Phi) is 2.51. The quantitative estimate of drug-likeness (QED) is 0.707. The van der Waals surface area contributed by atoms with Gasteiger partial charge in [0.1, 0.15) is 5.72 Å². The molecule has 96 valence electrons. The van der Waals surface area contributed by atoms with E-state index in [1.165, 1.54) is 0 Å². The molecule has 3 aliphatic heterocycles. The standard InChI is InChI=1S/C12H19NO3S/c1-11(2)13-8(3-5-16-11)9(10(13)14)12(15)4-6-17-7-12/h8-9,15H,3-7H2,1-2H3/t8-,9+,12?/m1/s1. The number of fused-ring (bicyclic) bond motifs is 1. The highest BCUT2D eigenvalue weighted by Gasteiger charge is 2.62. The van der Waals surface area contributed by atoms with Crippen LogP contribution in [0.3, 0.4) is 0 Å². The molecule has 1 N–H and O–H groups in total. The molecule has 0 aromatic rings. The molecule has 3 heterocycles. The molecule has 0 aliphatic carbocycles. The molecule has 3 rings (SSSR count). The molecule has 1 unspecified atom stereocenters. The van der Waals surface area contributed by atoms with E-state index in [9.17, 15) is 9.90 Å². The molecular weight excluding hydrogens is 238 g/mol. The van der Waals surface area contributed by atoms with Gasteiger partial charge in [0.15, 0.2) is 0 Å². The summed E-state index contributed by atoms with van der Waals surface area (Å²) in [4.78, 5) is 14.1. The van der Waals surface area contributed by atoms with Crippen LogP contribution in [0, 0.1) is 5.92 Å². The molecule has 3 aliphatic rings. The van der Waals surface area contributed by atoms with Crippen molar-refractivity contribution in [2.75, 3.05) is 18.1 Å². The van der Waals surface area contributed by atoms with Crippen LogP contribution in [-0.4, -0.2) is 51.4 Å². The molecule has 0 aromatic heterocycles. The third kappa shape index (κ3) is 1.55. The Bertz CT molecular complexity index is 352. The van der Waals surface area contributed by atoms with E-state index in [-0.39, 0.29) is 17.9 Å². The predicted molar refractivity (Wildman–Crippen MR) is 65.7 cm³/mol. The van der Waals surface area contributed by atoms with E-state index in [0.717, 1.165) is 18.6 Å². The maximum atomic E-state index is 12.3. The molecule has 0 bridgehead atoms. The lowest BCUT2D eigenvalue weighted by molar-refractivity contribution is -0.249. The number of hydrogen-bond acceptors (Lipinski definition) is 4. The number of hydrogen-bond donors (Lipinski definition) is 1. The molecule has 5 heteroatoms. The van der Waals surface area contributed by atoms with E-state index in [4.69, 9.17) is 4.74 Å². The van der Waals surface area contributed by atoms with Gasteiger partial charge in [-0.1, -0.05) is 0 Å². The van der Waals surface area contributed by atoms with Gasteiger partial charge < -0.3 is 14.7 Å². The summed E-state index contributed by atoms with van der Waals surface area (Å²) in [5.41, 5.74) is -1.27. The third-order valence-electron chi connectivity index (χ3n) is 4.28. The number of aliphatic hydroxyl groups is 1. The van der Waals surface area contributed by atoms with Crippen molar-refractivity contribution >= 4 is 17.7 Å². The molecular formula is C12H19NO3S. The summed E-state index contributed by atoms with van der Waals surface area (Å²) in [6.07, 6.45) is 1.60. The molecule has 0 radical (unpaired) electrons.